The first-order valence-corrected chi connectivity index (χ1v) is 6.65. The van der Waals surface area contributed by atoms with Gasteiger partial charge in [0.2, 0.25) is 0 Å². The van der Waals surface area contributed by atoms with Gasteiger partial charge in [-0.05, 0) is 51.2 Å². The van der Waals surface area contributed by atoms with Crippen LogP contribution in [0.5, 0.6) is 0 Å². The predicted octanol–water partition coefficient (Wildman–Crippen LogP) is 2.71. The molecule has 0 saturated carbocycles. The molecule has 3 heteroatoms. The maximum Gasteiger partial charge on any atom is 0.134 e. The van der Waals surface area contributed by atoms with E-state index < -0.39 is 0 Å². The Bertz CT molecular complexity index is 546. The van der Waals surface area contributed by atoms with E-state index in [2.05, 4.69) is 48.5 Å². The lowest BCUT2D eigenvalue weighted by Crippen LogP contribution is -2.29. The van der Waals surface area contributed by atoms with Crippen LogP contribution in [-0.2, 0) is 0 Å². The topological polar surface area (TPSA) is 28.4 Å². The average Bonchev–Trinajstić information content (AvgIpc) is 2.63. The van der Waals surface area contributed by atoms with E-state index in [1.54, 1.807) is 0 Å². The van der Waals surface area contributed by atoms with Gasteiger partial charge in [0.25, 0.3) is 0 Å². The highest BCUT2D eigenvalue weighted by atomic mass is 16.3. The van der Waals surface area contributed by atoms with Crippen molar-refractivity contribution in [3.63, 3.8) is 0 Å². The van der Waals surface area contributed by atoms with E-state index >= 15 is 0 Å². The number of likely N-dealkylation sites (N-methyl/N-ethyl adjacent to an activating group) is 1. The average molecular weight is 244 g/mol. The first-order chi connectivity index (χ1) is 8.74. The standard InChI is InChI=1S/C15H20N2O/c1-11-4-5-12-9-15(18-14(12)8-11)13-10-16-6-3-7-17(13)2/h4-5,8-9,13,16H,3,6-7,10H2,1-2H3. The molecule has 1 atom stereocenters. The van der Waals surface area contributed by atoms with E-state index in [9.17, 15) is 0 Å². The van der Waals surface area contributed by atoms with Gasteiger partial charge in [-0.15, -0.1) is 0 Å². The molecule has 3 nitrogen and oxygen atoms in total. The van der Waals surface area contributed by atoms with E-state index in [-0.39, 0.29) is 0 Å². The highest BCUT2D eigenvalue weighted by molar-refractivity contribution is 5.78. The zero-order valence-electron chi connectivity index (χ0n) is 11.1. The Labute approximate surface area is 108 Å². The molecule has 0 bridgehead atoms. The minimum Gasteiger partial charge on any atom is -0.459 e. The van der Waals surface area contributed by atoms with Crippen molar-refractivity contribution in [2.75, 3.05) is 26.7 Å². The van der Waals surface area contributed by atoms with Crippen LogP contribution in [0.15, 0.2) is 28.7 Å². The highest BCUT2D eigenvalue weighted by Crippen LogP contribution is 2.28. The Morgan fingerprint density at radius 3 is 3.11 bits per heavy atom. The third-order valence-electron chi connectivity index (χ3n) is 3.76. The van der Waals surface area contributed by atoms with E-state index in [1.165, 1.54) is 17.4 Å². The Kier molecular flexibility index (Phi) is 3.10. The van der Waals surface area contributed by atoms with Crippen LogP contribution >= 0.6 is 0 Å². The van der Waals surface area contributed by atoms with E-state index in [4.69, 9.17) is 4.42 Å². The van der Waals surface area contributed by atoms with Crippen molar-refractivity contribution >= 4 is 11.0 Å². The number of furan rings is 1. The maximum atomic E-state index is 6.03. The summed E-state index contributed by atoms with van der Waals surface area (Å²) in [5.74, 6) is 1.08. The molecule has 0 aliphatic carbocycles. The zero-order chi connectivity index (χ0) is 12.5. The van der Waals surface area contributed by atoms with Crippen LogP contribution in [0.25, 0.3) is 11.0 Å². The molecule has 1 aromatic carbocycles. The van der Waals surface area contributed by atoms with Gasteiger partial charge in [0.1, 0.15) is 11.3 Å². The predicted molar refractivity (Wildman–Crippen MR) is 73.8 cm³/mol. The fourth-order valence-corrected chi connectivity index (χ4v) is 2.64. The smallest absolute Gasteiger partial charge is 0.134 e. The molecule has 2 heterocycles. The number of hydrogen-bond acceptors (Lipinski definition) is 3. The summed E-state index contributed by atoms with van der Waals surface area (Å²) in [7, 11) is 2.18. The second-order valence-corrected chi connectivity index (χ2v) is 5.24. The number of fused-ring (bicyclic) bond motifs is 1. The van der Waals surface area contributed by atoms with Crippen LogP contribution in [-0.4, -0.2) is 31.6 Å². The molecule has 1 saturated heterocycles. The molecule has 1 unspecified atom stereocenters. The Morgan fingerprint density at radius 2 is 2.22 bits per heavy atom. The lowest BCUT2D eigenvalue weighted by Gasteiger charge is -2.23. The lowest BCUT2D eigenvalue weighted by molar-refractivity contribution is 0.233. The fourth-order valence-electron chi connectivity index (χ4n) is 2.64. The fraction of sp³-hybridized carbons (Fsp3) is 0.467. The minimum absolute atomic E-state index is 0.347. The largest absolute Gasteiger partial charge is 0.459 e. The Balaban J connectivity index is 1.97. The van der Waals surface area contributed by atoms with Gasteiger partial charge >= 0.3 is 0 Å². The van der Waals surface area contributed by atoms with Gasteiger partial charge in [0.15, 0.2) is 0 Å². The second-order valence-electron chi connectivity index (χ2n) is 5.24. The van der Waals surface area contributed by atoms with E-state index in [0.29, 0.717) is 6.04 Å². The summed E-state index contributed by atoms with van der Waals surface area (Å²) in [6.45, 7) is 5.28. The van der Waals surface area contributed by atoms with E-state index in [0.717, 1.165) is 31.0 Å². The summed E-state index contributed by atoms with van der Waals surface area (Å²) in [4.78, 5) is 2.38. The van der Waals surface area contributed by atoms with Crippen molar-refractivity contribution in [1.82, 2.24) is 10.2 Å². The van der Waals surface area contributed by atoms with Gasteiger partial charge in [-0.3, -0.25) is 4.90 Å². The molecule has 18 heavy (non-hydrogen) atoms. The van der Waals surface area contributed by atoms with Crippen molar-refractivity contribution in [3.05, 3.63) is 35.6 Å². The quantitative estimate of drug-likeness (QED) is 0.836. The zero-order valence-corrected chi connectivity index (χ0v) is 11.1. The van der Waals surface area contributed by atoms with Gasteiger partial charge in [0.05, 0.1) is 6.04 Å². The van der Waals surface area contributed by atoms with Crippen LogP contribution in [0.2, 0.25) is 0 Å². The first kappa shape index (κ1) is 11.8. The number of nitrogens with one attached hydrogen (secondary N) is 1. The van der Waals surface area contributed by atoms with Crippen molar-refractivity contribution < 1.29 is 4.42 Å². The van der Waals surface area contributed by atoms with E-state index in [1.807, 2.05) is 0 Å². The molecule has 1 aromatic heterocycles. The van der Waals surface area contributed by atoms with Crippen LogP contribution in [0, 0.1) is 6.92 Å². The lowest BCUT2D eigenvalue weighted by atomic mass is 10.1. The summed E-state index contributed by atoms with van der Waals surface area (Å²) < 4.78 is 6.03. The molecule has 1 N–H and O–H groups in total. The van der Waals surface area contributed by atoms with Crippen molar-refractivity contribution in [1.29, 1.82) is 0 Å². The summed E-state index contributed by atoms with van der Waals surface area (Å²) in [6, 6.07) is 8.92. The number of hydrogen-bond donors (Lipinski definition) is 1. The molecular formula is C15H20N2O. The van der Waals surface area contributed by atoms with Crippen molar-refractivity contribution in [2.45, 2.75) is 19.4 Å². The van der Waals surface area contributed by atoms with Gasteiger partial charge in [-0.1, -0.05) is 12.1 Å². The second kappa shape index (κ2) is 4.75. The van der Waals surface area contributed by atoms with Crippen LogP contribution in [0.1, 0.15) is 23.8 Å². The Hall–Kier alpha value is -1.32. The van der Waals surface area contributed by atoms with Gasteiger partial charge < -0.3 is 9.73 Å². The first-order valence-electron chi connectivity index (χ1n) is 6.65. The van der Waals surface area contributed by atoms with Gasteiger partial charge in [-0.2, -0.15) is 0 Å². The number of rotatable bonds is 1. The number of nitrogens with zero attached hydrogens (tertiary/aromatic N) is 1. The van der Waals surface area contributed by atoms with Crippen molar-refractivity contribution in [2.24, 2.45) is 0 Å². The van der Waals surface area contributed by atoms with Crippen molar-refractivity contribution in [3.8, 4) is 0 Å². The van der Waals surface area contributed by atoms with Crippen LogP contribution in [0.4, 0.5) is 0 Å². The third-order valence-corrected chi connectivity index (χ3v) is 3.76. The molecule has 1 aliphatic heterocycles. The third kappa shape index (κ3) is 2.16. The summed E-state index contributed by atoms with van der Waals surface area (Å²) >= 11 is 0. The molecule has 1 fully saturated rings. The molecular weight excluding hydrogens is 224 g/mol. The Morgan fingerprint density at radius 1 is 1.33 bits per heavy atom. The molecule has 0 radical (unpaired) electrons. The van der Waals surface area contributed by atoms with Gasteiger partial charge in [0, 0.05) is 11.9 Å². The minimum atomic E-state index is 0.347. The molecule has 2 aromatic rings. The molecule has 3 rings (SSSR count). The molecule has 1 aliphatic rings. The highest BCUT2D eigenvalue weighted by Gasteiger charge is 2.22. The SMILES string of the molecule is Cc1ccc2cc(C3CNCCCN3C)oc2c1. The summed E-state index contributed by atoms with van der Waals surface area (Å²) in [5, 5.41) is 4.68. The summed E-state index contributed by atoms with van der Waals surface area (Å²) in [6.07, 6.45) is 1.20. The molecule has 96 valence electrons. The monoisotopic (exact) mass is 244 g/mol. The molecule has 0 amide bonds. The number of aryl methyl sites for hydroxylation is 1. The number of benzene rings is 1. The van der Waals surface area contributed by atoms with Crippen LogP contribution < -0.4 is 5.32 Å². The van der Waals surface area contributed by atoms with Crippen LogP contribution in [0.3, 0.4) is 0 Å². The maximum absolute atomic E-state index is 6.03. The molecule has 0 spiro atoms. The summed E-state index contributed by atoms with van der Waals surface area (Å²) in [5.41, 5.74) is 2.25. The van der Waals surface area contributed by atoms with Gasteiger partial charge in [-0.25, -0.2) is 0 Å². The normalized spacial score (nSPS) is 22.2.